The molecule has 1 aromatic rings. The number of likely N-dealkylation sites (N-methyl/N-ethyl adjacent to an activating group) is 1. The van der Waals surface area contributed by atoms with Gasteiger partial charge in [0.05, 0.1) is 11.7 Å². The van der Waals surface area contributed by atoms with Crippen molar-refractivity contribution in [3.63, 3.8) is 0 Å². The van der Waals surface area contributed by atoms with Gasteiger partial charge in [0.25, 0.3) is 0 Å². The fourth-order valence-electron chi connectivity index (χ4n) is 1.49. The first-order valence-corrected chi connectivity index (χ1v) is 6.49. The Morgan fingerprint density at radius 2 is 2.33 bits per heavy atom. The van der Waals surface area contributed by atoms with Gasteiger partial charge in [-0.05, 0) is 25.4 Å². The van der Waals surface area contributed by atoms with Crippen LogP contribution in [0.3, 0.4) is 0 Å². The highest BCUT2D eigenvalue weighted by molar-refractivity contribution is 7.98. The highest BCUT2D eigenvalue weighted by atomic mass is 32.2. The Labute approximate surface area is 96.1 Å². The van der Waals surface area contributed by atoms with Crippen LogP contribution in [0.1, 0.15) is 11.7 Å². The zero-order valence-corrected chi connectivity index (χ0v) is 10.2. The second-order valence-electron chi connectivity index (χ2n) is 3.48. The first kappa shape index (κ1) is 12.5. The molecule has 0 bridgehead atoms. The van der Waals surface area contributed by atoms with Gasteiger partial charge in [-0.3, -0.25) is 9.88 Å². The summed E-state index contributed by atoms with van der Waals surface area (Å²) in [4.78, 5) is 6.61. The van der Waals surface area contributed by atoms with Gasteiger partial charge in [0.2, 0.25) is 0 Å². The summed E-state index contributed by atoms with van der Waals surface area (Å²) in [6.45, 7) is 1.65. The van der Waals surface area contributed by atoms with Crippen LogP contribution in [0.25, 0.3) is 0 Å². The number of hydrogen-bond acceptors (Lipinski definition) is 4. The van der Waals surface area contributed by atoms with Crippen LogP contribution in [0.4, 0.5) is 0 Å². The highest BCUT2D eigenvalue weighted by Gasteiger charge is 2.15. The predicted molar refractivity (Wildman–Crippen MR) is 67.0 cm³/mol. The number of rotatable bonds is 6. The lowest BCUT2D eigenvalue weighted by Gasteiger charge is -2.26. The lowest BCUT2D eigenvalue weighted by atomic mass is 10.1. The molecule has 0 spiro atoms. The molecule has 0 fully saturated rings. The van der Waals surface area contributed by atoms with Crippen LogP contribution in [0.2, 0.25) is 0 Å². The van der Waals surface area contributed by atoms with Gasteiger partial charge in [0.15, 0.2) is 0 Å². The molecule has 15 heavy (non-hydrogen) atoms. The molecule has 0 aliphatic carbocycles. The minimum Gasteiger partial charge on any atom is -0.329 e. The average Bonchev–Trinajstić information content (AvgIpc) is 2.29. The fraction of sp³-hybridized carbons (Fsp3) is 0.545. The molecule has 1 atom stereocenters. The van der Waals surface area contributed by atoms with E-state index in [4.69, 9.17) is 5.73 Å². The number of nitrogens with two attached hydrogens (primary N) is 1. The van der Waals surface area contributed by atoms with E-state index in [9.17, 15) is 0 Å². The van der Waals surface area contributed by atoms with Crippen molar-refractivity contribution in [1.82, 2.24) is 9.88 Å². The molecule has 1 unspecified atom stereocenters. The van der Waals surface area contributed by atoms with Crippen molar-refractivity contribution >= 4 is 11.8 Å². The van der Waals surface area contributed by atoms with Gasteiger partial charge in [-0.2, -0.15) is 11.8 Å². The lowest BCUT2D eigenvalue weighted by molar-refractivity contribution is 0.261. The maximum absolute atomic E-state index is 5.79. The summed E-state index contributed by atoms with van der Waals surface area (Å²) in [7, 11) is 2.10. The second kappa shape index (κ2) is 6.82. The van der Waals surface area contributed by atoms with Crippen molar-refractivity contribution in [2.75, 3.05) is 32.1 Å². The van der Waals surface area contributed by atoms with Crippen LogP contribution < -0.4 is 5.73 Å². The molecule has 1 rings (SSSR count). The number of thioether (sulfide) groups is 1. The first-order valence-electron chi connectivity index (χ1n) is 5.09. The molecule has 0 aliphatic heterocycles. The Morgan fingerprint density at radius 1 is 1.53 bits per heavy atom. The van der Waals surface area contributed by atoms with E-state index in [1.165, 1.54) is 0 Å². The monoisotopic (exact) mass is 225 g/mol. The van der Waals surface area contributed by atoms with E-state index in [0.29, 0.717) is 6.54 Å². The Morgan fingerprint density at radius 3 is 2.87 bits per heavy atom. The number of hydrogen-bond donors (Lipinski definition) is 1. The summed E-state index contributed by atoms with van der Waals surface area (Å²) in [6, 6.07) is 6.21. The summed E-state index contributed by atoms with van der Waals surface area (Å²) in [5, 5.41) is 0. The lowest BCUT2D eigenvalue weighted by Crippen LogP contribution is -2.32. The van der Waals surface area contributed by atoms with E-state index in [1.807, 2.05) is 36.2 Å². The molecule has 0 aromatic carbocycles. The molecule has 1 aromatic heterocycles. The molecule has 2 N–H and O–H groups in total. The van der Waals surface area contributed by atoms with Gasteiger partial charge in [0.1, 0.15) is 0 Å². The van der Waals surface area contributed by atoms with Crippen LogP contribution in [0.15, 0.2) is 24.4 Å². The van der Waals surface area contributed by atoms with Gasteiger partial charge >= 0.3 is 0 Å². The molecular formula is C11H19N3S. The van der Waals surface area contributed by atoms with E-state index in [1.54, 1.807) is 0 Å². The van der Waals surface area contributed by atoms with Crippen LogP contribution in [0, 0.1) is 0 Å². The quantitative estimate of drug-likeness (QED) is 0.794. The summed E-state index contributed by atoms with van der Waals surface area (Å²) in [5.74, 6) is 1.12. The number of pyridine rings is 1. The topological polar surface area (TPSA) is 42.1 Å². The van der Waals surface area contributed by atoms with Crippen molar-refractivity contribution in [2.45, 2.75) is 6.04 Å². The standard InChI is InChI=1S/C11H19N3S/c1-14(7-8-15-2)11(9-12)10-5-3-4-6-13-10/h3-6,11H,7-9,12H2,1-2H3. The largest absolute Gasteiger partial charge is 0.329 e. The fourth-order valence-corrected chi connectivity index (χ4v) is 1.96. The maximum atomic E-state index is 5.79. The van der Waals surface area contributed by atoms with E-state index < -0.39 is 0 Å². The minimum absolute atomic E-state index is 0.235. The van der Waals surface area contributed by atoms with E-state index in [-0.39, 0.29) is 6.04 Å². The Kier molecular flexibility index (Phi) is 5.68. The third kappa shape index (κ3) is 3.81. The van der Waals surface area contributed by atoms with E-state index in [2.05, 4.69) is 23.2 Å². The molecule has 0 amide bonds. The van der Waals surface area contributed by atoms with Gasteiger partial charge in [-0.25, -0.2) is 0 Å². The second-order valence-corrected chi connectivity index (χ2v) is 4.47. The van der Waals surface area contributed by atoms with Crippen molar-refractivity contribution < 1.29 is 0 Å². The van der Waals surface area contributed by atoms with Gasteiger partial charge in [-0.15, -0.1) is 0 Å². The molecule has 0 radical (unpaired) electrons. The third-order valence-electron chi connectivity index (χ3n) is 2.43. The number of nitrogens with zero attached hydrogens (tertiary/aromatic N) is 2. The molecular weight excluding hydrogens is 206 g/mol. The summed E-state index contributed by atoms with van der Waals surface area (Å²) < 4.78 is 0. The average molecular weight is 225 g/mol. The highest BCUT2D eigenvalue weighted by Crippen LogP contribution is 2.15. The van der Waals surface area contributed by atoms with Crippen LogP contribution >= 0.6 is 11.8 Å². The third-order valence-corrected chi connectivity index (χ3v) is 3.02. The van der Waals surface area contributed by atoms with Crippen molar-refractivity contribution in [1.29, 1.82) is 0 Å². The zero-order chi connectivity index (χ0) is 11.1. The Hall–Kier alpha value is -0.580. The molecule has 0 saturated heterocycles. The smallest absolute Gasteiger partial charge is 0.0642 e. The Balaban J connectivity index is 2.63. The molecule has 4 heteroatoms. The van der Waals surface area contributed by atoms with Crippen molar-refractivity contribution in [2.24, 2.45) is 5.73 Å². The SMILES string of the molecule is CSCCN(C)C(CN)c1ccccn1. The van der Waals surface area contributed by atoms with E-state index >= 15 is 0 Å². The van der Waals surface area contributed by atoms with Crippen molar-refractivity contribution in [3.8, 4) is 0 Å². The normalized spacial score (nSPS) is 13.1. The van der Waals surface area contributed by atoms with E-state index in [0.717, 1.165) is 18.0 Å². The molecule has 0 aliphatic rings. The molecule has 3 nitrogen and oxygen atoms in total. The summed E-state index contributed by atoms with van der Waals surface area (Å²) in [6.07, 6.45) is 3.94. The Bertz CT molecular complexity index is 266. The first-order chi connectivity index (χ1) is 7.29. The predicted octanol–water partition coefficient (Wildman–Crippen LogP) is 1.38. The minimum atomic E-state index is 0.235. The maximum Gasteiger partial charge on any atom is 0.0642 e. The van der Waals surface area contributed by atoms with Gasteiger partial charge in [-0.1, -0.05) is 6.07 Å². The summed E-state index contributed by atoms with van der Waals surface area (Å²) in [5.41, 5.74) is 6.85. The summed E-state index contributed by atoms with van der Waals surface area (Å²) >= 11 is 1.85. The molecule has 0 saturated carbocycles. The number of aromatic nitrogens is 1. The zero-order valence-electron chi connectivity index (χ0n) is 9.39. The van der Waals surface area contributed by atoms with Crippen LogP contribution in [-0.4, -0.2) is 42.0 Å². The molecule has 1 heterocycles. The van der Waals surface area contributed by atoms with Crippen LogP contribution in [0.5, 0.6) is 0 Å². The molecule has 84 valence electrons. The van der Waals surface area contributed by atoms with Crippen molar-refractivity contribution in [3.05, 3.63) is 30.1 Å². The van der Waals surface area contributed by atoms with Crippen LogP contribution in [-0.2, 0) is 0 Å². The van der Waals surface area contributed by atoms with Gasteiger partial charge in [0, 0.05) is 25.0 Å². The van der Waals surface area contributed by atoms with Gasteiger partial charge < -0.3 is 5.73 Å².